The Balaban J connectivity index is 1.88. The number of hydrogen-bond donors (Lipinski definition) is 2. The third kappa shape index (κ3) is 0.0414. The van der Waals surface area contributed by atoms with Gasteiger partial charge in [0.2, 0.25) is 0 Å². The minimum absolute atomic E-state index is 0.561. The van der Waals surface area contributed by atoms with Gasteiger partial charge in [0.15, 0.2) is 0 Å². The number of aliphatic hydroxyl groups is 2. The second-order valence-corrected chi connectivity index (χ2v) is 33.8. The molecule has 0 aliphatic carbocycles. The molecule has 0 aromatic carbocycles. The van der Waals surface area contributed by atoms with Crippen LogP contribution in [0.2, 0.25) is 47.2 Å². The molecule has 8 atom stereocenters. The summed E-state index contributed by atoms with van der Waals surface area (Å²) in [6.07, 6.45) is 0. The second kappa shape index (κ2) is 0.375. The van der Waals surface area contributed by atoms with E-state index in [4.69, 9.17) is 0 Å². The Hall–Kier alpha value is 0.439. The van der Waals surface area contributed by atoms with Crippen LogP contribution in [0.3, 0.4) is 0 Å². The van der Waals surface area contributed by atoms with Crippen molar-refractivity contribution in [3.8, 4) is 0 Å². The van der Waals surface area contributed by atoms with Gasteiger partial charge in [0.05, 0.1) is 0 Å². The fourth-order valence-electron chi connectivity index (χ4n) is 18.3. The molecular weight excluding hydrogens is 232 g/mol. The van der Waals surface area contributed by atoms with Crippen LogP contribution in [0.4, 0.5) is 0 Å². The summed E-state index contributed by atoms with van der Waals surface area (Å²) in [5, 5.41) is 20.1. The Bertz CT molecular complexity index is 859. The second-order valence-electron chi connectivity index (χ2n) is 10.4. The number of aliphatic hydroxyl groups excluding tert-OH is 2. The molecule has 0 aromatic rings. The SMILES string of the molecule is OC[C]12[CH]3[CH]4[CH]5[CH]1[Fe]45321678[CH]2[CH]1[CH]6[C]7(CO)[CH]28. The zero-order chi connectivity index (χ0) is 9.35. The molecule has 0 bridgehead atoms. The molecule has 10 aliphatic heterocycles. The van der Waals surface area contributed by atoms with Gasteiger partial charge < -0.3 is 0 Å². The monoisotopic (exact) mass is 246 g/mol. The molecule has 0 saturated carbocycles. The Morgan fingerprint density at radius 3 is 1.20 bits per heavy atom. The molecule has 3 heteroatoms. The molecule has 10 fully saturated rings. The van der Waals surface area contributed by atoms with Gasteiger partial charge in [-0.15, -0.1) is 0 Å². The average molecular weight is 246 g/mol. The standard InChI is InChI=1S/2C6H7O.Fe/c2*7-5-6-3-1-2-4-6;/h2*1-4,7H,5H2;. The summed E-state index contributed by atoms with van der Waals surface area (Å²) in [6.45, 7) is -2.10. The molecular formula is C12H14FeO2. The van der Waals surface area contributed by atoms with E-state index >= 15 is 0 Å². The number of rotatable bonds is 2. The van der Waals surface area contributed by atoms with Crippen molar-refractivity contribution in [1.29, 1.82) is 0 Å². The molecule has 0 radical (unpaired) electrons. The maximum atomic E-state index is 10.0. The molecule has 0 amide bonds. The van der Waals surface area contributed by atoms with Crippen LogP contribution in [-0.4, -0.2) is 23.4 Å². The molecule has 0 aromatic heterocycles. The number of fused-ring (bicyclic) bond motifs is 10. The van der Waals surface area contributed by atoms with Gasteiger partial charge in [-0.25, -0.2) is 0 Å². The first-order valence-electron chi connectivity index (χ1n) is 6.48. The molecule has 10 rings (SSSR count). The van der Waals surface area contributed by atoms with Gasteiger partial charge in [0, 0.05) is 0 Å². The summed E-state index contributed by atoms with van der Waals surface area (Å²) in [5.41, 5.74) is 0. The van der Waals surface area contributed by atoms with Crippen LogP contribution >= 0.6 is 0 Å². The third-order valence-corrected chi connectivity index (χ3v) is 59.8. The van der Waals surface area contributed by atoms with E-state index in [0.29, 0.717) is 21.8 Å². The van der Waals surface area contributed by atoms with Gasteiger partial charge in [-0.2, -0.15) is 0 Å². The minimum atomic E-state index is -3.22. The van der Waals surface area contributed by atoms with E-state index in [9.17, 15) is 10.2 Å². The van der Waals surface area contributed by atoms with Crippen molar-refractivity contribution in [2.45, 2.75) is 47.2 Å². The van der Waals surface area contributed by atoms with E-state index in [1.807, 2.05) is 0 Å². The molecule has 15 heavy (non-hydrogen) atoms. The van der Waals surface area contributed by atoms with Gasteiger partial charge in [-0.05, 0) is 0 Å². The Morgan fingerprint density at radius 2 is 1.07 bits per heavy atom. The predicted octanol–water partition coefficient (Wildman–Crippen LogP) is 2.10. The van der Waals surface area contributed by atoms with Gasteiger partial charge in [0.25, 0.3) is 0 Å². The summed E-state index contributed by atoms with van der Waals surface area (Å²) in [4.78, 5) is 9.32. The van der Waals surface area contributed by atoms with Crippen molar-refractivity contribution in [2.75, 3.05) is 13.2 Å². The summed E-state index contributed by atoms with van der Waals surface area (Å²) < 4.78 is 1.19. The van der Waals surface area contributed by atoms with E-state index in [2.05, 4.69) is 0 Å². The quantitative estimate of drug-likeness (QED) is 0.732. The first-order valence-corrected chi connectivity index (χ1v) is 12.7. The van der Waals surface area contributed by atoms with Crippen LogP contribution in [0.15, 0.2) is 0 Å². The van der Waals surface area contributed by atoms with Gasteiger partial charge in [-0.1, -0.05) is 0 Å². The molecule has 10 heterocycles. The maximum absolute atomic E-state index is 10.0. The molecule has 8 unspecified atom stereocenters. The first kappa shape index (κ1) is 5.39. The fraction of sp³-hybridized carbons (Fsp3) is 1.00. The van der Waals surface area contributed by atoms with Crippen LogP contribution < -0.4 is 0 Å². The summed E-state index contributed by atoms with van der Waals surface area (Å²) >= 11 is 0. The van der Waals surface area contributed by atoms with Crippen molar-refractivity contribution < 1.29 is 16.7 Å². The fourth-order valence-corrected chi connectivity index (χ4v) is 95.2. The zero-order valence-corrected chi connectivity index (χ0v) is 9.39. The van der Waals surface area contributed by atoms with Crippen molar-refractivity contribution in [3.05, 3.63) is 0 Å². The first-order chi connectivity index (χ1) is 7.05. The van der Waals surface area contributed by atoms with Crippen LogP contribution in [0.1, 0.15) is 0 Å². The normalized spacial score (nSPS) is 139. The zero-order valence-electron chi connectivity index (χ0n) is 8.28. The average Bonchev–Trinajstić information content (AvgIpc) is 3.22. The van der Waals surface area contributed by atoms with Gasteiger partial charge in [-0.3, -0.25) is 0 Å². The summed E-state index contributed by atoms with van der Waals surface area (Å²) in [6, 6.07) is 0. The molecule has 2 N–H and O–H groups in total. The van der Waals surface area contributed by atoms with Crippen LogP contribution in [-0.2, 0) is 6.51 Å². The van der Waals surface area contributed by atoms with Crippen LogP contribution in [0, 0.1) is 0 Å². The number of hydrogen-bond acceptors (Lipinski definition) is 2. The third-order valence-electron chi connectivity index (χ3n) is 15.9. The Morgan fingerprint density at radius 1 is 0.733 bits per heavy atom. The van der Waals surface area contributed by atoms with Crippen LogP contribution in [0.25, 0.3) is 0 Å². The Kier molecular flexibility index (Phi) is 0.135. The van der Waals surface area contributed by atoms with Crippen LogP contribution in [0.5, 0.6) is 0 Å². The molecule has 2 nitrogen and oxygen atoms in total. The Labute approximate surface area is 77.3 Å². The van der Waals surface area contributed by atoms with Gasteiger partial charge >= 0.3 is 77.1 Å². The van der Waals surface area contributed by atoms with Crippen molar-refractivity contribution in [1.82, 2.24) is 0 Å². The van der Waals surface area contributed by atoms with Gasteiger partial charge in [0.1, 0.15) is 0 Å². The van der Waals surface area contributed by atoms with E-state index in [1.54, 1.807) is 0 Å². The summed E-state index contributed by atoms with van der Waals surface area (Å²) in [5.74, 6) is 0. The van der Waals surface area contributed by atoms with E-state index in [0.717, 1.165) is 19.3 Å². The molecule has 10 aliphatic rings. The van der Waals surface area contributed by atoms with E-state index in [-0.39, 0.29) is 0 Å². The van der Waals surface area contributed by atoms with E-state index < -0.39 is 6.51 Å². The van der Waals surface area contributed by atoms with Crippen molar-refractivity contribution in [2.24, 2.45) is 0 Å². The molecule has 82 valence electrons. The topological polar surface area (TPSA) is 40.5 Å². The van der Waals surface area contributed by atoms with Crippen molar-refractivity contribution >= 4 is 0 Å². The summed E-state index contributed by atoms with van der Waals surface area (Å²) in [7, 11) is 0. The molecule has 10 saturated heterocycles. The predicted molar refractivity (Wildman–Crippen MR) is 49.6 cm³/mol. The van der Waals surface area contributed by atoms with E-state index in [1.165, 1.54) is 19.3 Å². The van der Waals surface area contributed by atoms with Crippen molar-refractivity contribution in [3.63, 3.8) is 0 Å². The molecule has 1 spiro atoms.